The standard InChI is InChI=1S/C35H25N3/c1-3-11-24(12-4-1)30-23-36-35(27-16-8-7-15-26(27)30)37-22-21-29-31(37)19-20-33-34(29)28-17-9-10-18-32(28)38(33)25-13-5-2-6-14-25/h1-7,9-23,26H,8H2. The van der Waals surface area contributed by atoms with E-state index in [4.69, 9.17) is 4.99 Å². The van der Waals surface area contributed by atoms with E-state index < -0.39 is 0 Å². The van der Waals surface area contributed by atoms with Gasteiger partial charge in [0.1, 0.15) is 5.84 Å². The molecule has 0 bridgehead atoms. The van der Waals surface area contributed by atoms with Crippen molar-refractivity contribution in [2.75, 3.05) is 0 Å². The molecule has 0 radical (unpaired) electrons. The van der Waals surface area contributed by atoms with Crippen molar-refractivity contribution in [1.29, 1.82) is 0 Å². The molecule has 2 aliphatic rings. The van der Waals surface area contributed by atoms with Crippen LogP contribution in [-0.2, 0) is 0 Å². The number of aliphatic imine (C=N–C) groups is 1. The molecule has 1 aliphatic heterocycles. The lowest BCUT2D eigenvalue weighted by atomic mass is 9.82. The van der Waals surface area contributed by atoms with Crippen LogP contribution in [0.1, 0.15) is 12.0 Å². The van der Waals surface area contributed by atoms with Crippen molar-refractivity contribution < 1.29 is 0 Å². The van der Waals surface area contributed by atoms with Gasteiger partial charge in [-0.15, -0.1) is 0 Å². The molecule has 0 spiro atoms. The zero-order valence-corrected chi connectivity index (χ0v) is 20.8. The second-order valence-electron chi connectivity index (χ2n) is 9.97. The molecule has 0 saturated heterocycles. The smallest absolute Gasteiger partial charge is 0.140 e. The second-order valence-corrected chi connectivity index (χ2v) is 9.97. The Morgan fingerprint density at radius 3 is 2.26 bits per heavy atom. The van der Waals surface area contributed by atoms with E-state index in [9.17, 15) is 0 Å². The maximum atomic E-state index is 5.07. The van der Waals surface area contributed by atoms with Crippen molar-refractivity contribution in [3.05, 3.63) is 145 Å². The molecule has 180 valence electrons. The van der Waals surface area contributed by atoms with Gasteiger partial charge in [0.15, 0.2) is 0 Å². The topological polar surface area (TPSA) is 22.2 Å². The summed E-state index contributed by atoms with van der Waals surface area (Å²) in [6.07, 6.45) is 12.1. The van der Waals surface area contributed by atoms with E-state index in [2.05, 4.69) is 143 Å². The lowest BCUT2D eigenvalue weighted by molar-refractivity contribution is 0.955. The number of aromatic nitrogens is 2. The molecule has 3 heteroatoms. The molecule has 1 unspecified atom stereocenters. The average molecular weight is 488 g/mol. The van der Waals surface area contributed by atoms with E-state index in [0.29, 0.717) is 0 Å². The number of fused-ring (bicyclic) bond motifs is 6. The van der Waals surface area contributed by atoms with Crippen molar-refractivity contribution in [1.82, 2.24) is 9.13 Å². The molecule has 6 aromatic rings. The van der Waals surface area contributed by atoms with E-state index in [1.54, 1.807) is 0 Å². The zero-order chi connectivity index (χ0) is 25.1. The molecule has 38 heavy (non-hydrogen) atoms. The van der Waals surface area contributed by atoms with Crippen LogP contribution in [-0.4, -0.2) is 15.0 Å². The predicted molar refractivity (Wildman–Crippen MR) is 159 cm³/mol. The molecular weight excluding hydrogens is 462 g/mol. The molecule has 0 saturated carbocycles. The molecule has 8 rings (SSSR count). The predicted octanol–water partition coefficient (Wildman–Crippen LogP) is 8.54. The van der Waals surface area contributed by atoms with Gasteiger partial charge in [0, 0.05) is 45.7 Å². The third-order valence-electron chi connectivity index (χ3n) is 7.91. The van der Waals surface area contributed by atoms with Crippen LogP contribution in [0, 0.1) is 5.92 Å². The summed E-state index contributed by atoms with van der Waals surface area (Å²) in [5, 5.41) is 3.80. The largest absolute Gasteiger partial charge is 0.309 e. The van der Waals surface area contributed by atoms with Gasteiger partial charge < -0.3 is 9.13 Å². The van der Waals surface area contributed by atoms with Crippen LogP contribution in [0.3, 0.4) is 0 Å². The van der Waals surface area contributed by atoms with Gasteiger partial charge in [-0.1, -0.05) is 85.0 Å². The van der Waals surface area contributed by atoms with Gasteiger partial charge >= 0.3 is 0 Å². The second kappa shape index (κ2) is 8.32. The Balaban J connectivity index is 1.36. The van der Waals surface area contributed by atoms with Crippen LogP contribution in [0.5, 0.6) is 0 Å². The molecule has 3 nitrogen and oxygen atoms in total. The number of hydrogen-bond donors (Lipinski definition) is 0. The third kappa shape index (κ3) is 3.05. The van der Waals surface area contributed by atoms with E-state index in [-0.39, 0.29) is 5.92 Å². The Morgan fingerprint density at radius 1 is 0.658 bits per heavy atom. The highest BCUT2D eigenvalue weighted by Gasteiger charge is 2.28. The maximum Gasteiger partial charge on any atom is 0.140 e. The Hall–Kier alpha value is -4.89. The minimum absolute atomic E-state index is 0.208. The van der Waals surface area contributed by atoms with Gasteiger partial charge in [0.2, 0.25) is 0 Å². The van der Waals surface area contributed by atoms with E-state index >= 15 is 0 Å². The van der Waals surface area contributed by atoms with Gasteiger partial charge in [-0.3, -0.25) is 0 Å². The van der Waals surface area contributed by atoms with Gasteiger partial charge in [0.05, 0.1) is 16.6 Å². The van der Waals surface area contributed by atoms with Gasteiger partial charge in [0.25, 0.3) is 0 Å². The lowest BCUT2D eigenvalue weighted by Gasteiger charge is -2.28. The molecule has 2 aromatic heterocycles. The molecule has 4 aromatic carbocycles. The third-order valence-corrected chi connectivity index (χ3v) is 7.91. The van der Waals surface area contributed by atoms with E-state index in [1.807, 2.05) is 0 Å². The summed E-state index contributed by atoms with van der Waals surface area (Å²) < 4.78 is 4.65. The molecule has 1 aliphatic carbocycles. The van der Waals surface area contributed by atoms with Gasteiger partial charge in [-0.2, -0.15) is 0 Å². The van der Waals surface area contributed by atoms with Crippen LogP contribution in [0.25, 0.3) is 44.0 Å². The van der Waals surface area contributed by atoms with Crippen LogP contribution in [0.15, 0.2) is 144 Å². The van der Waals surface area contributed by atoms with Gasteiger partial charge in [-0.25, -0.2) is 4.99 Å². The Morgan fingerprint density at radius 2 is 1.39 bits per heavy atom. The summed E-state index contributed by atoms with van der Waals surface area (Å²) in [7, 11) is 0. The van der Waals surface area contributed by atoms with Crippen LogP contribution >= 0.6 is 0 Å². The number of benzene rings is 4. The normalized spacial score (nSPS) is 16.9. The quantitative estimate of drug-likeness (QED) is 0.218. The first kappa shape index (κ1) is 21.2. The molecule has 3 heterocycles. The van der Waals surface area contributed by atoms with Crippen LogP contribution in [0.4, 0.5) is 0 Å². The van der Waals surface area contributed by atoms with E-state index in [1.165, 1.54) is 55.1 Å². The summed E-state index contributed by atoms with van der Waals surface area (Å²) in [6.45, 7) is 0. The summed E-state index contributed by atoms with van der Waals surface area (Å²) in [6, 6.07) is 36.7. The first-order valence-corrected chi connectivity index (χ1v) is 13.2. The van der Waals surface area contributed by atoms with Crippen molar-refractivity contribution in [2.45, 2.75) is 6.42 Å². The maximum absolute atomic E-state index is 5.07. The fraction of sp³-hybridized carbons (Fsp3) is 0.0571. The van der Waals surface area contributed by atoms with Crippen LogP contribution < -0.4 is 0 Å². The highest BCUT2D eigenvalue weighted by Crippen LogP contribution is 2.40. The number of nitrogens with zero attached hydrogens (tertiary/aromatic N) is 3. The summed E-state index contributed by atoms with van der Waals surface area (Å²) in [5.41, 5.74) is 8.55. The molecule has 0 fully saturated rings. The summed E-state index contributed by atoms with van der Waals surface area (Å²) in [5.74, 6) is 1.22. The van der Waals surface area contributed by atoms with Crippen molar-refractivity contribution >= 4 is 44.1 Å². The highest BCUT2D eigenvalue weighted by atomic mass is 15.1. The SMILES string of the molecule is C1=CC2C(=CC1)C(n1ccc3c4c5ccccc5n(-c5ccccc5)c4ccc31)=NC=C2c1ccccc1. The highest BCUT2D eigenvalue weighted by molar-refractivity contribution is 6.22. The number of para-hydroxylation sites is 2. The molecule has 1 atom stereocenters. The average Bonchev–Trinajstić information content (AvgIpc) is 3.57. The van der Waals surface area contributed by atoms with Crippen molar-refractivity contribution in [2.24, 2.45) is 10.9 Å². The first-order valence-electron chi connectivity index (χ1n) is 13.2. The first-order chi connectivity index (χ1) is 18.9. The Bertz CT molecular complexity index is 1980. The Kier molecular flexibility index (Phi) is 4.65. The molecule has 0 N–H and O–H groups in total. The molecule has 0 amide bonds. The number of allylic oxidation sites excluding steroid dienone is 5. The molecular formula is C35H25N3. The minimum atomic E-state index is 0.208. The summed E-state index contributed by atoms with van der Waals surface area (Å²) >= 11 is 0. The summed E-state index contributed by atoms with van der Waals surface area (Å²) in [4.78, 5) is 5.07. The van der Waals surface area contributed by atoms with Crippen molar-refractivity contribution in [3.63, 3.8) is 0 Å². The van der Waals surface area contributed by atoms with Gasteiger partial charge in [-0.05, 0) is 54.0 Å². The fourth-order valence-electron chi connectivity index (χ4n) is 6.24. The fourth-order valence-corrected chi connectivity index (χ4v) is 6.24. The number of hydrogen-bond acceptors (Lipinski definition) is 1. The Labute approximate surface area is 221 Å². The zero-order valence-electron chi connectivity index (χ0n) is 20.8. The minimum Gasteiger partial charge on any atom is -0.309 e. The lowest BCUT2D eigenvalue weighted by Crippen LogP contribution is -2.24. The van der Waals surface area contributed by atoms with Crippen molar-refractivity contribution in [3.8, 4) is 5.69 Å². The van der Waals surface area contributed by atoms with Crippen LogP contribution in [0.2, 0.25) is 0 Å². The monoisotopic (exact) mass is 487 g/mol. The van der Waals surface area contributed by atoms with E-state index in [0.717, 1.165) is 12.3 Å². The number of rotatable bonds is 2.